The number of esters is 2. The summed E-state index contributed by atoms with van der Waals surface area (Å²) in [7, 11) is 3.00. The van der Waals surface area contributed by atoms with Crippen molar-refractivity contribution >= 4 is 11.9 Å². The first-order chi connectivity index (χ1) is 12.5. The van der Waals surface area contributed by atoms with E-state index in [0.717, 1.165) is 12.8 Å². The lowest BCUT2D eigenvalue weighted by atomic mass is 10.1. The molecule has 0 aliphatic carbocycles. The molecule has 146 valence electrons. The van der Waals surface area contributed by atoms with Crippen LogP contribution in [0.15, 0.2) is 18.2 Å². The molecule has 0 aliphatic rings. The Morgan fingerprint density at radius 2 is 1.50 bits per heavy atom. The number of carbonyl (C=O) groups is 2. The number of benzene rings is 1. The van der Waals surface area contributed by atoms with Crippen LogP contribution in [-0.2, 0) is 14.3 Å². The summed E-state index contributed by atoms with van der Waals surface area (Å²) < 4.78 is 20.9. The topological polar surface area (TPSA) is 71.1 Å². The molecular weight excluding hydrogens is 336 g/mol. The Morgan fingerprint density at radius 1 is 0.923 bits per heavy atom. The third kappa shape index (κ3) is 8.23. The van der Waals surface area contributed by atoms with Gasteiger partial charge in [-0.25, -0.2) is 0 Å². The fourth-order valence-corrected chi connectivity index (χ4v) is 2.37. The highest BCUT2D eigenvalue weighted by atomic mass is 16.6. The monoisotopic (exact) mass is 366 g/mol. The molecule has 0 N–H and O–H groups in total. The molecule has 0 saturated heterocycles. The van der Waals surface area contributed by atoms with E-state index in [1.165, 1.54) is 14.2 Å². The second-order valence-corrected chi connectivity index (χ2v) is 6.43. The largest absolute Gasteiger partial charge is 0.493 e. The second-order valence-electron chi connectivity index (χ2n) is 6.43. The molecular formula is C20H30O6. The molecule has 1 rings (SSSR count). The van der Waals surface area contributed by atoms with Crippen molar-refractivity contribution in [2.45, 2.75) is 52.4 Å². The molecule has 26 heavy (non-hydrogen) atoms. The smallest absolute Gasteiger partial charge is 0.311 e. The summed E-state index contributed by atoms with van der Waals surface area (Å²) in [4.78, 5) is 23.6. The molecule has 1 aromatic carbocycles. The van der Waals surface area contributed by atoms with E-state index in [1.807, 2.05) is 0 Å². The van der Waals surface area contributed by atoms with Crippen LogP contribution in [0.4, 0.5) is 0 Å². The van der Waals surface area contributed by atoms with Crippen molar-refractivity contribution < 1.29 is 28.5 Å². The molecule has 0 saturated carbocycles. The minimum Gasteiger partial charge on any atom is -0.493 e. The zero-order chi connectivity index (χ0) is 19.4. The van der Waals surface area contributed by atoms with Gasteiger partial charge in [0.2, 0.25) is 5.75 Å². The lowest BCUT2D eigenvalue weighted by Gasteiger charge is -2.12. The van der Waals surface area contributed by atoms with Crippen LogP contribution in [0.2, 0.25) is 0 Å². The molecule has 0 amide bonds. The lowest BCUT2D eigenvalue weighted by Crippen LogP contribution is -2.10. The molecule has 0 fully saturated rings. The Morgan fingerprint density at radius 3 is 2.04 bits per heavy atom. The molecule has 0 heterocycles. The number of rotatable bonds is 12. The molecule has 0 spiro atoms. The van der Waals surface area contributed by atoms with E-state index in [4.69, 9.17) is 18.9 Å². The minimum atomic E-state index is -0.391. The van der Waals surface area contributed by atoms with Crippen molar-refractivity contribution in [3.63, 3.8) is 0 Å². The van der Waals surface area contributed by atoms with E-state index in [1.54, 1.807) is 18.2 Å². The van der Waals surface area contributed by atoms with Crippen LogP contribution in [-0.4, -0.2) is 32.8 Å². The van der Waals surface area contributed by atoms with Gasteiger partial charge in [-0.1, -0.05) is 19.9 Å². The molecule has 1 aromatic rings. The molecule has 0 aromatic heterocycles. The predicted octanol–water partition coefficient (Wildman–Crippen LogP) is 4.15. The zero-order valence-electron chi connectivity index (χ0n) is 16.2. The van der Waals surface area contributed by atoms with Crippen molar-refractivity contribution in [2.24, 2.45) is 5.92 Å². The highest BCUT2D eigenvalue weighted by Crippen LogP contribution is 2.37. The van der Waals surface area contributed by atoms with Gasteiger partial charge >= 0.3 is 11.9 Å². The van der Waals surface area contributed by atoms with Crippen LogP contribution in [0.5, 0.6) is 17.2 Å². The number of hydrogen-bond acceptors (Lipinski definition) is 6. The van der Waals surface area contributed by atoms with Crippen LogP contribution < -0.4 is 14.2 Å². The van der Waals surface area contributed by atoms with Gasteiger partial charge in [0.25, 0.3) is 0 Å². The van der Waals surface area contributed by atoms with Crippen LogP contribution in [0, 0.1) is 5.92 Å². The second kappa shape index (κ2) is 12.2. The number of unbranched alkanes of at least 4 members (excludes halogenated alkanes) is 1. The van der Waals surface area contributed by atoms with Gasteiger partial charge in [-0.2, -0.15) is 0 Å². The molecule has 6 nitrogen and oxygen atoms in total. The summed E-state index contributed by atoms with van der Waals surface area (Å²) in [6.07, 6.45) is 3.59. The van der Waals surface area contributed by atoms with Crippen LogP contribution in [0.25, 0.3) is 0 Å². The summed E-state index contributed by atoms with van der Waals surface area (Å²) in [6.45, 7) is 4.75. The van der Waals surface area contributed by atoms with Crippen molar-refractivity contribution in [3.8, 4) is 17.2 Å². The summed E-state index contributed by atoms with van der Waals surface area (Å²) in [5.41, 5.74) is 0. The van der Waals surface area contributed by atoms with Gasteiger partial charge in [-0.05, 0) is 43.7 Å². The highest BCUT2D eigenvalue weighted by Gasteiger charge is 2.15. The average Bonchev–Trinajstić information content (AvgIpc) is 2.62. The van der Waals surface area contributed by atoms with Crippen LogP contribution >= 0.6 is 0 Å². The number of hydrogen-bond donors (Lipinski definition) is 0. The van der Waals surface area contributed by atoms with Crippen LogP contribution in [0.1, 0.15) is 52.4 Å². The van der Waals surface area contributed by atoms with E-state index in [0.29, 0.717) is 43.3 Å². The Balaban J connectivity index is 2.28. The van der Waals surface area contributed by atoms with Gasteiger partial charge in [0.1, 0.15) is 0 Å². The quantitative estimate of drug-likeness (QED) is 0.314. The summed E-state index contributed by atoms with van der Waals surface area (Å²) in [5, 5.41) is 0. The van der Waals surface area contributed by atoms with E-state index >= 15 is 0 Å². The molecule has 0 unspecified atom stereocenters. The molecule has 0 radical (unpaired) electrons. The summed E-state index contributed by atoms with van der Waals surface area (Å²) >= 11 is 0. The minimum absolute atomic E-state index is 0.210. The summed E-state index contributed by atoms with van der Waals surface area (Å²) in [5.74, 6) is 1.14. The Hall–Kier alpha value is -2.24. The number of ether oxygens (including phenoxy) is 4. The first-order valence-corrected chi connectivity index (χ1v) is 9.05. The van der Waals surface area contributed by atoms with E-state index in [-0.39, 0.29) is 18.1 Å². The molecule has 0 atom stereocenters. The lowest BCUT2D eigenvalue weighted by molar-refractivity contribution is -0.144. The van der Waals surface area contributed by atoms with Gasteiger partial charge in [0.05, 0.1) is 20.8 Å². The maximum absolute atomic E-state index is 12.0. The van der Waals surface area contributed by atoms with E-state index in [2.05, 4.69) is 13.8 Å². The normalized spacial score (nSPS) is 10.5. The number of carbonyl (C=O) groups excluding carboxylic acids is 2. The van der Waals surface area contributed by atoms with Crippen molar-refractivity contribution in [2.75, 3.05) is 20.8 Å². The van der Waals surface area contributed by atoms with Crippen molar-refractivity contribution in [3.05, 3.63) is 18.2 Å². The molecule has 6 heteroatoms. The standard InChI is InChI=1S/C20H30O6/c1-15(2)9-8-14-25-18(21)12-5-6-13-19(22)26-20-16(23-3)10-7-11-17(20)24-4/h7,10-11,15H,5-6,8-9,12-14H2,1-4H3. The fourth-order valence-electron chi connectivity index (χ4n) is 2.37. The maximum atomic E-state index is 12.0. The van der Waals surface area contributed by atoms with Gasteiger partial charge in [-0.3, -0.25) is 9.59 Å². The maximum Gasteiger partial charge on any atom is 0.311 e. The third-order valence-electron chi connectivity index (χ3n) is 3.80. The highest BCUT2D eigenvalue weighted by molar-refractivity contribution is 5.74. The van der Waals surface area contributed by atoms with Crippen molar-refractivity contribution in [1.29, 1.82) is 0 Å². The van der Waals surface area contributed by atoms with E-state index < -0.39 is 5.97 Å². The average molecular weight is 366 g/mol. The molecule has 0 aliphatic heterocycles. The van der Waals surface area contributed by atoms with Gasteiger partial charge in [0, 0.05) is 12.8 Å². The Labute approximate surface area is 155 Å². The predicted molar refractivity (Wildman–Crippen MR) is 98.7 cm³/mol. The first kappa shape index (κ1) is 21.8. The summed E-state index contributed by atoms with van der Waals surface area (Å²) in [6, 6.07) is 5.14. The molecule has 0 bridgehead atoms. The zero-order valence-corrected chi connectivity index (χ0v) is 16.2. The number of para-hydroxylation sites is 1. The van der Waals surface area contributed by atoms with Gasteiger partial charge in [-0.15, -0.1) is 0 Å². The number of methoxy groups -OCH3 is 2. The van der Waals surface area contributed by atoms with Gasteiger partial charge in [0.15, 0.2) is 11.5 Å². The van der Waals surface area contributed by atoms with Crippen molar-refractivity contribution in [1.82, 2.24) is 0 Å². The SMILES string of the molecule is COc1cccc(OC)c1OC(=O)CCCCC(=O)OCCCC(C)C. The Kier molecular flexibility index (Phi) is 10.2. The van der Waals surface area contributed by atoms with Gasteiger partial charge < -0.3 is 18.9 Å². The third-order valence-corrected chi connectivity index (χ3v) is 3.80. The van der Waals surface area contributed by atoms with E-state index in [9.17, 15) is 9.59 Å². The first-order valence-electron chi connectivity index (χ1n) is 9.05. The van der Waals surface area contributed by atoms with Crippen LogP contribution in [0.3, 0.4) is 0 Å². The Bertz CT molecular complexity index is 545. The fraction of sp³-hybridized carbons (Fsp3) is 0.600.